The van der Waals surface area contributed by atoms with Crippen LogP contribution in [0.25, 0.3) is 0 Å². The van der Waals surface area contributed by atoms with Gasteiger partial charge in [-0.25, -0.2) is 5.43 Å². The molecule has 9 heteroatoms. The van der Waals surface area contributed by atoms with Crippen LogP contribution in [0.5, 0.6) is 0 Å². The Hall–Kier alpha value is -1.67. The number of methoxy groups -OCH3 is 1. The van der Waals surface area contributed by atoms with Gasteiger partial charge in [-0.15, -0.1) is 0 Å². The third-order valence-electron chi connectivity index (χ3n) is 3.30. The minimum Gasteiger partial charge on any atom is -0.383 e. The van der Waals surface area contributed by atoms with Crippen LogP contribution in [0.3, 0.4) is 0 Å². The molecule has 0 aromatic heterocycles. The molecule has 2 rings (SSSR count). The molecule has 0 spiro atoms. The number of amides is 3. The fourth-order valence-electron chi connectivity index (χ4n) is 2.11. The number of carbonyl (C=O) groups excluding carboxylic acids is 3. The molecule has 7 nitrogen and oxygen atoms in total. The number of nitrogens with zero attached hydrogens (tertiary/aromatic N) is 1. The van der Waals surface area contributed by atoms with Crippen LogP contribution in [0.2, 0.25) is 10.0 Å². The maximum absolute atomic E-state index is 12.1. The number of hydrazine groups is 1. The van der Waals surface area contributed by atoms with E-state index >= 15 is 0 Å². The van der Waals surface area contributed by atoms with Gasteiger partial charge in [0.25, 0.3) is 5.91 Å². The monoisotopic (exact) mass is 359 g/mol. The summed E-state index contributed by atoms with van der Waals surface area (Å²) in [5.74, 6) is -1.25. The smallest absolute Gasteiger partial charge is 0.266 e. The van der Waals surface area contributed by atoms with Gasteiger partial charge in [-0.2, -0.15) is 0 Å². The molecule has 0 aliphatic carbocycles. The third kappa shape index (κ3) is 4.20. The lowest BCUT2D eigenvalue weighted by atomic mass is 10.2. The van der Waals surface area contributed by atoms with E-state index in [1.807, 2.05) is 0 Å². The lowest BCUT2D eigenvalue weighted by Gasteiger charge is -2.15. The van der Waals surface area contributed by atoms with Crippen LogP contribution >= 0.6 is 23.2 Å². The van der Waals surface area contributed by atoms with E-state index in [2.05, 4.69) is 10.9 Å². The van der Waals surface area contributed by atoms with E-state index < -0.39 is 17.9 Å². The van der Waals surface area contributed by atoms with Crippen molar-refractivity contribution < 1.29 is 19.1 Å². The molecule has 1 aliphatic rings. The molecule has 124 valence electrons. The molecule has 1 fully saturated rings. The molecule has 3 amide bonds. The van der Waals surface area contributed by atoms with Gasteiger partial charge < -0.3 is 4.74 Å². The molecular weight excluding hydrogens is 345 g/mol. The number of hydrogen-bond donors (Lipinski definition) is 2. The first-order valence-corrected chi connectivity index (χ1v) is 7.53. The van der Waals surface area contributed by atoms with Gasteiger partial charge in [0.2, 0.25) is 11.8 Å². The van der Waals surface area contributed by atoms with E-state index in [1.165, 1.54) is 25.3 Å². The Morgan fingerprint density at radius 2 is 2.13 bits per heavy atom. The van der Waals surface area contributed by atoms with Crippen molar-refractivity contribution in [3.63, 3.8) is 0 Å². The highest BCUT2D eigenvalue weighted by atomic mass is 35.5. The zero-order chi connectivity index (χ0) is 17.0. The van der Waals surface area contributed by atoms with E-state index in [-0.39, 0.29) is 36.1 Å². The van der Waals surface area contributed by atoms with Gasteiger partial charge in [0, 0.05) is 12.1 Å². The summed E-state index contributed by atoms with van der Waals surface area (Å²) in [6.45, 7) is 0.445. The number of carbonyl (C=O) groups is 3. The van der Waals surface area contributed by atoms with Crippen LogP contribution in [0.1, 0.15) is 16.8 Å². The predicted molar refractivity (Wildman–Crippen MR) is 84.1 cm³/mol. The van der Waals surface area contributed by atoms with Crippen LogP contribution in [0, 0.1) is 0 Å². The molecule has 0 bridgehead atoms. The van der Waals surface area contributed by atoms with Gasteiger partial charge in [-0.3, -0.25) is 24.7 Å². The summed E-state index contributed by atoms with van der Waals surface area (Å²) in [7, 11) is 1.48. The topological polar surface area (TPSA) is 87.7 Å². The number of hydrogen-bond acceptors (Lipinski definition) is 5. The zero-order valence-corrected chi connectivity index (χ0v) is 13.8. The van der Waals surface area contributed by atoms with E-state index in [1.54, 1.807) is 0 Å². The molecule has 0 saturated carbocycles. The van der Waals surface area contributed by atoms with Crippen molar-refractivity contribution in [2.24, 2.45) is 0 Å². The number of imide groups is 1. The number of halogens is 2. The Balaban J connectivity index is 1.94. The molecule has 1 aliphatic heterocycles. The van der Waals surface area contributed by atoms with E-state index in [4.69, 9.17) is 27.9 Å². The van der Waals surface area contributed by atoms with Crippen molar-refractivity contribution in [3.05, 3.63) is 33.8 Å². The van der Waals surface area contributed by atoms with E-state index in [0.717, 1.165) is 4.90 Å². The second kappa shape index (κ2) is 7.74. The van der Waals surface area contributed by atoms with Gasteiger partial charge in [0.15, 0.2) is 0 Å². The molecule has 1 heterocycles. The standard InChI is InChI=1S/C14H15Cl2N3O4/c1-23-5-4-19-12(20)7-11(14(19)22)17-18-13(21)9-3-2-8(15)6-10(9)16/h2-3,6,11,17H,4-5,7H2,1H3,(H,18,21)/t11-/m1/s1. The lowest BCUT2D eigenvalue weighted by Crippen LogP contribution is -2.48. The number of benzene rings is 1. The van der Waals surface area contributed by atoms with Gasteiger partial charge in [0.1, 0.15) is 6.04 Å². The highest BCUT2D eigenvalue weighted by Crippen LogP contribution is 2.20. The molecule has 1 saturated heterocycles. The summed E-state index contributed by atoms with van der Waals surface area (Å²) in [4.78, 5) is 37.0. The van der Waals surface area contributed by atoms with Crippen LogP contribution in [-0.2, 0) is 14.3 Å². The number of likely N-dealkylation sites (tertiary alicyclic amines) is 1. The van der Waals surface area contributed by atoms with Crippen LogP contribution in [-0.4, -0.2) is 48.9 Å². The fourth-order valence-corrected chi connectivity index (χ4v) is 2.60. The molecular formula is C14H15Cl2N3O4. The minimum absolute atomic E-state index is 0.0306. The molecule has 1 aromatic rings. The molecule has 23 heavy (non-hydrogen) atoms. The molecule has 2 N–H and O–H groups in total. The molecule has 0 radical (unpaired) electrons. The first kappa shape index (κ1) is 17.7. The second-order valence-electron chi connectivity index (χ2n) is 4.86. The summed E-state index contributed by atoms with van der Waals surface area (Å²) in [5.41, 5.74) is 5.15. The normalized spacial score (nSPS) is 17.7. The van der Waals surface area contributed by atoms with Gasteiger partial charge in [-0.1, -0.05) is 23.2 Å². The lowest BCUT2D eigenvalue weighted by molar-refractivity contribution is -0.139. The highest BCUT2D eigenvalue weighted by molar-refractivity contribution is 6.36. The fraction of sp³-hybridized carbons (Fsp3) is 0.357. The largest absolute Gasteiger partial charge is 0.383 e. The Morgan fingerprint density at radius 3 is 2.78 bits per heavy atom. The molecule has 1 aromatic carbocycles. The summed E-state index contributed by atoms with van der Waals surface area (Å²) >= 11 is 11.7. The summed E-state index contributed by atoms with van der Waals surface area (Å²) in [6.07, 6.45) is -0.0306. The maximum atomic E-state index is 12.1. The van der Waals surface area contributed by atoms with Crippen LogP contribution in [0.4, 0.5) is 0 Å². The van der Waals surface area contributed by atoms with Crippen LogP contribution < -0.4 is 10.9 Å². The molecule has 1 atom stereocenters. The summed E-state index contributed by atoms with van der Waals surface area (Å²) < 4.78 is 4.85. The highest BCUT2D eigenvalue weighted by Gasteiger charge is 2.38. The Labute approximate surface area is 142 Å². The van der Waals surface area contributed by atoms with E-state index in [9.17, 15) is 14.4 Å². The number of nitrogens with one attached hydrogen (secondary N) is 2. The SMILES string of the molecule is COCCN1C(=O)C[C@@H](NNC(=O)c2ccc(Cl)cc2Cl)C1=O. The van der Waals surface area contributed by atoms with Crippen molar-refractivity contribution in [1.82, 2.24) is 15.8 Å². The quantitative estimate of drug-likeness (QED) is 0.584. The van der Waals surface area contributed by atoms with E-state index in [0.29, 0.717) is 5.02 Å². The Bertz CT molecular complexity index is 638. The molecule has 0 unspecified atom stereocenters. The van der Waals surface area contributed by atoms with Crippen molar-refractivity contribution in [2.75, 3.05) is 20.3 Å². The number of rotatable bonds is 6. The van der Waals surface area contributed by atoms with Crippen molar-refractivity contribution >= 4 is 40.9 Å². The van der Waals surface area contributed by atoms with Gasteiger partial charge >= 0.3 is 0 Å². The van der Waals surface area contributed by atoms with Gasteiger partial charge in [0.05, 0.1) is 30.2 Å². The maximum Gasteiger partial charge on any atom is 0.266 e. The zero-order valence-electron chi connectivity index (χ0n) is 12.3. The summed E-state index contributed by atoms with van der Waals surface area (Å²) in [5, 5.41) is 0.595. The Morgan fingerprint density at radius 1 is 1.39 bits per heavy atom. The van der Waals surface area contributed by atoms with Crippen LogP contribution in [0.15, 0.2) is 18.2 Å². The number of ether oxygens (including phenoxy) is 1. The minimum atomic E-state index is -0.811. The second-order valence-corrected chi connectivity index (χ2v) is 5.70. The average Bonchev–Trinajstić information content (AvgIpc) is 2.77. The van der Waals surface area contributed by atoms with Crippen molar-refractivity contribution in [3.8, 4) is 0 Å². The third-order valence-corrected chi connectivity index (χ3v) is 3.85. The van der Waals surface area contributed by atoms with Gasteiger partial charge in [-0.05, 0) is 18.2 Å². The average molecular weight is 360 g/mol. The predicted octanol–water partition coefficient (Wildman–Crippen LogP) is 1.00. The Kier molecular flexibility index (Phi) is 5.95. The first-order valence-electron chi connectivity index (χ1n) is 6.78. The first-order chi connectivity index (χ1) is 10.9. The van der Waals surface area contributed by atoms with Crippen molar-refractivity contribution in [1.29, 1.82) is 0 Å². The summed E-state index contributed by atoms with van der Waals surface area (Å²) in [6, 6.07) is 3.62. The van der Waals surface area contributed by atoms with Crippen molar-refractivity contribution in [2.45, 2.75) is 12.5 Å².